The summed E-state index contributed by atoms with van der Waals surface area (Å²) in [5.41, 5.74) is 4.27. The number of esters is 3. The molecule has 1 aliphatic heterocycles. The Labute approximate surface area is 388 Å². The number of nitrogens with zero attached hydrogens (tertiary/aromatic N) is 1. The molecule has 0 saturated carbocycles. The van der Waals surface area contributed by atoms with Gasteiger partial charge in [0.2, 0.25) is 5.91 Å². The van der Waals surface area contributed by atoms with Crippen LogP contribution in [0.15, 0.2) is 103 Å². The number of amides is 1. The second-order valence-corrected chi connectivity index (χ2v) is 18.5. The number of hydrogen-bond acceptors (Lipinski definition) is 10. The highest BCUT2D eigenvalue weighted by atomic mass is 32.2. The molecular formula is C53H58FNO10S. The van der Waals surface area contributed by atoms with Gasteiger partial charge < -0.3 is 23.8 Å². The number of carbonyl (C=O) groups is 4. The summed E-state index contributed by atoms with van der Waals surface area (Å²) in [4.78, 5) is 53.7. The Morgan fingerprint density at radius 3 is 1.98 bits per heavy atom. The van der Waals surface area contributed by atoms with E-state index in [9.17, 15) is 32.0 Å². The van der Waals surface area contributed by atoms with Crippen LogP contribution < -0.4 is 4.90 Å². The number of unbranched alkanes of at least 4 members (excludes halogenated alkanes) is 2. The number of ether oxygens (including phenoxy) is 4. The van der Waals surface area contributed by atoms with E-state index >= 15 is 0 Å². The molecule has 348 valence electrons. The highest BCUT2D eigenvalue weighted by Crippen LogP contribution is 2.46. The van der Waals surface area contributed by atoms with Gasteiger partial charge in [0, 0.05) is 36.4 Å². The first-order valence-electron chi connectivity index (χ1n) is 22.4. The van der Waals surface area contributed by atoms with Gasteiger partial charge in [-0.25, -0.2) is 12.8 Å². The predicted octanol–water partition coefficient (Wildman–Crippen LogP) is 9.03. The molecule has 66 heavy (non-hydrogen) atoms. The average molecular weight is 920 g/mol. The van der Waals surface area contributed by atoms with Gasteiger partial charge in [0.1, 0.15) is 27.9 Å². The Hall–Kier alpha value is -6.28. The van der Waals surface area contributed by atoms with Crippen LogP contribution in [0.5, 0.6) is 0 Å². The Balaban J connectivity index is 1.38. The lowest BCUT2D eigenvalue weighted by atomic mass is 9.78. The molecule has 4 aromatic rings. The molecule has 5 rings (SSSR count). The quantitative estimate of drug-likeness (QED) is 0.0187. The zero-order chi connectivity index (χ0) is 47.5. The van der Waals surface area contributed by atoms with E-state index in [0.29, 0.717) is 48.1 Å². The largest absolute Gasteiger partial charge is 0.465 e. The van der Waals surface area contributed by atoms with Crippen LogP contribution in [0.2, 0.25) is 0 Å². The summed E-state index contributed by atoms with van der Waals surface area (Å²) in [6, 6.07) is 29.4. The first-order chi connectivity index (χ1) is 31.8. The van der Waals surface area contributed by atoms with Crippen molar-refractivity contribution >= 4 is 39.3 Å². The minimum Gasteiger partial charge on any atom is -0.465 e. The summed E-state index contributed by atoms with van der Waals surface area (Å²) in [5.74, 6) is 8.08. The number of sulfone groups is 1. The van der Waals surface area contributed by atoms with E-state index in [0.717, 1.165) is 24.0 Å². The van der Waals surface area contributed by atoms with Crippen molar-refractivity contribution in [2.75, 3.05) is 30.1 Å². The summed E-state index contributed by atoms with van der Waals surface area (Å²) in [7, 11) is -3.25. The normalized spacial score (nSPS) is 15.3. The minimum absolute atomic E-state index is 0.0788. The van der Waals surface area contributed by atoms with Crippen molar-refractivity contribution in [2.24, 2.45) is 11.8 Å². The van der Waals surface area contributed by atoms with Crippen LogP contribution in [0.3, 0.4) is 0 Å². The average Bonchev–Trinajstić information content (AvgIpc) is 3.30. The van der Waals surface area contributed by atoms with Crippen LogP contribution >= 0.6 is 0 Å². The number of benzene rings is 4. The zero-order valence-electron chi connectivity index (χ0n) is 38.0. The molecule has 0 spiro atoms. The molecule has 1 fully saturated rings. The SMILES string of the molecule is CCCCOC(=O)C(CC#Cc1ccc([C@@H]2[C@@H](CC[C@H](OC(C)=O)c3ccc(F)cc3)C(=O)N2c2ccc(C#CC(CCS(C)(=O)=O)OCc3ccccc3)cc2)cc1)C(=O)OCCCC. The molecule has 11 nitrogen and oxygen atoms in total. The van der Waals surface area contributed by atoms with Crippen molar-refractivity contribution in [1.82, 2.24) is 0 Å². The van der Waals surface area contributed by atoms with Crippen molar-refractivity contribution < 1.29 is 50.9 Å². The summed E-state index contributed by atoms with van der Waals surface area (Å²) in [5, 5.41) is 0. The van der Waals surface area contributed by atoms with E-state index in [2.05, 4.69) is 23.7 Å². The molecule has 1 aliphatic rings. The fourth-order valence-corrected chi connectivity index (χ4v) is 7.92. The van der Waals surface area contributed by atoms with Gasteiger partial charge in [0.15, 0.2) is 5.92 Å². The first kappa shape index (κ1) is 50.7. The Bertz CT molecular complexity index is 2450. The molecule has 1 saturated heterocycles. The summed E-state index contributed by atoms with van der Waals surface area (Å²) < 4.78 is 60.1. The van der Waals surface area contributed by atoms with E-state index in [1.54, 1.807) is 41.3 Å². The zero-order valence-corrected chi connectivity index (χ0v) is 38.8. The number of rotatable bonds is 22. The number of anilines is 1. The maximum absolute atomic E-state index is 14.1. The topological polar surface area (TPSA) is 143 Å². The van der Waals surface area contributed by atoms with Crippen LogP contribution in [0.4, 0.5) is 10.1 Å². The number of carbonyl (C=O) groups excluding carboxylic acids is 4. The monoisotopic (exact) mass is 919 g/mol. The predicted molar refractivity (Wildman–Crippen MR) is 250 cm³/mol. The van der Waals surface area contributed by atoms with E-state index < -0.39 is 63.6 Å². The third kappa shape index (κ3) is 15.7. The van der Waals surface area contributed by atoms with Gasteiger partial charge in [-0.1, -0.05) is 105 Å². The molecule has 0 aliphatic carbocycles. The molecule has 0 bridgehead atoms. The summed E-state index contributed by atoms with van der Waals surface area (Å²) in [6.07, 6.45) is 3.64. The molecular weight excluding hydrogens is 862 g/mol. The van der Waals surface area contributed by atoms with Crippen LogP contribution in [0, 0.1) is 41.3 Å². The summed E-state index contributed by atoms with van der Waals surface area (Å²) in [6.45, 7) is 5.94. The van der Waals surface area contributed by atoms with Crippen LogP contribution in [0.25, 0.3) is 0 Å². The van der Waals surface area contributed by atoms with Crippen molar-refractivity contribution in [3.63, 3.8) is 0 Å². The molecule has 1 amide bonds. The third-order valence-corrected chi connectivity index (χ3v) is 11.9. The Kier molecular flexibility index (Phi) is 19.5. The highest BCUT2D eigenvalue weighted by molar-refractivity contribution is 7.90. The highest BCUT2D eigenvalue weighted by Gasteiger charge is 2.48. The smallest absolute Gasteiger partial charge is 0.321 e. The molecule has 13 heteroatoms. The van der Waals surface area contributed by atoms with E-state index in [1.807, 2.05) is 68.4 Å². The molecule has 4 aromatic carbocycles. The fraction of sp³-hybridized carbons (Fsp3) is 0.396. The van der Waals surface area contributed by atoms with E-state index in [1.165, 1.54) is 25.3 Å². The standard InChI is InChI=1S/C53H58FNO10S/c1-5-7-34-62-52(58)48(53(59)63-35-8-6-2)16-12-15-39-17-22-43(23-18-39)50-47(31-32-49(65-38(3)56)42-24-26-44(54)27-25-42)51(57)55(50)45-28-19-40(20-29-45)21-30-46(33-36-66(4,60)61)64-37-41-13-10-9-11-14-41/h9-11,13-14,17-20,22-29,46-50H,5-8,16,31-37H2,1-4H3/t46?,47-,49+,50-/m1/s1. The third-order valence-electron chi connectivity index (χ3n) is 10.9. The second-order valence-electron chi connectivity index (χ2n) is 16.2. The van der Waals surface area contributed by atoms with Gasteiger partial charge >= 0.3 is 17.9 Å². The lowest BCUT2D eigenvalue weighted by Gasteiger charge is -2.48. The van der Waals surface area contributed by atoms with E-state index in [4.69, 9.17) is 18.9 Å². The second kappa shape index (κ2) is 25.4. The van der Waals surface area contributed by atoms with Gasteiger partial charge in [-0.05, 0) is 97.3 Å². The fourth-order valence-electron chi connectivity index (χ4n) is 7.28. The van der Waals surface area contributed by atoms with Crippen molar-refractivity contribution in [3.05, 3.63) is 137 Å². The Morgan fingerprint density at radius 2 is 1.39 bits per heavy atom. The summed E-state index contributed by atoms with van der Waals surface area (Å²) >= 11 is 0. The van der Waals surface area contributed by atoms with Gasteiger partial charge in [0.25, 0.3) is 0 Å². The van der Waals surface area contributed by atoms with Gasteiger partial charge in [-0.3, -0.25) is 19.2 Å². The Morgan fingerprint density at radius 1 is 0.788 bits per heavy atom. The lowest BCUT2D eigenvalue weighted by Crippen LogP contribution is -2.55. The number of halogens is 1. The maximum Gasteiger partial charge on any atom is 0.321 e. The first-order valence-corrected chi connectivity index (χ1v) is 24.4. The number of hydrogen-bond donors (Lipinski definition) is 0. The molecule has 4 atom stereocenters. The van der Waals surface area contributed by atoms with Gasteiger partial charge in [-0.2, -0.15) is 0 Å². The van der Waals surface area contributed by atoms with Crippen LogP contribution in [-0.4, -0.2) is 63.6 Å². The van der Waals surface area contributed by atoms with E-state index in [-0.39, 0.29) is 44.3 Å². The maximum atomic E-state index is 14.1. The van der Waals surface area contributed by atoms with Crippen molar-refractivity contribution in [1.29, 1.82) is 0 Å². The lowest BCUT2D eigenvalue weighted by molar-refractivity contribution is -0.162. The number of β-lactam (4-membered cyclic amide) rings is 1. The van der Waals surface area contributed by atoms with Crippen LogP contribution in [0.1, 0.15) is 112 Å². The van der Waals surface area contributed by atoms with Crippen molar-refractivity contribution in [2.45, 2.75) is 97.0 Å². The van der Waals surface area contributed by atoms with Crippen LogP contribution in [-0.2, 0) is 54.6 Å². The van der Waals surface area contributed by atoms with Gasteiger partial charge in [0.05, 0.1) is 37.5 Å². The molecule has 0 radical (unpaired) electrons. The molecule has 0 N–H and O–H groups in total. The van der Waals surface area contributed by atoms with Gasteiger partial charge in [-0.15, -0.1) is 0 Å². The van der Waals surface area contributed by atoms with Crippen molar-refractivity contribution in [3.8, 4) is 23.7 Å². The minimum atomic E-state index is -3.25. The molecule has 1 heterocycles. The molecule has 1 unspecified atom stereocenters. The molecule has 0 aromatic heterocycles.